The molecule has 0 heterocycles. The fraction of sp³-hybridized carbons (Fsp3) is 0.364. The van der Waals surface area contributed by atoms with Gasteiger partial charge in [-0.2, -0.15) is 0 Å². The SMILES string of the molecule is O=C(NC1CCC1)c1ccc(B(O)O)cc1. The van der Waals surface area contributed by atoms with Gasteiger partial charge in [0.15, 0.2) is 0 Å². The Labute approximate surface area is 94.4 Å². The molecule has 16 heavy (non-hydrogen) atoms. The molecule has 1 saturated carbocycles. The highest BCUT2D eigenvalue weighted by molar-refractivity contribution is 6.58. The first-order chi connectivity index (χ1) is 7.66. The summed E-state index contributed by atoms with van der Waals surface area (Å²) in [5.74, 6) is -0.0938. The van der Waals surface area contributed by atoms with Crippen LogP contribution in [0.1, 0.15) is 29.6 Å². The van der Waals surface area contributed by atoms with E-state index in [2.05, 4.69) is 5.32 Å². The molecule has 0 unspecified atom stereocenters. The summed E-state index contributed by atoms with van der Waals surface area (Å²) in [5.41, 5.74) is 0.941. The first-order valence-electron chi connectivity index (χ1n) is 5.44. The fourth-order valence-electron chi connectivity index (χ4n) is 1.63. The smallest absolute Gasteiger partial charge is 0.423 e. The molecule has 0 spiro atoms. The molecule has 1 amide bonds. The van der Waals surface area contributed by atoms with Crippen LogP contribution in [0.3, 0.4) is 0 Å². The number of nitrogens with one attached hydrogen (secondary N) is 1. The zero-order valence-electron chi connectivity index (χ0n) is 8.89. The molecule has 1 aliphatic rings. The van der Waals surface area contributed by atoms with Crippen molar-refractivity contribution in [2.75, 3.05) is 0 Å². The molecule has 1 aromatic carbocycles. The van der Waals surface area contributed by atoms with E-state index in [1.54, 1.807) is 24.3 Å². The molecule has 84 valence electrons. The van der Waals surface area contributed by atoms with Gasteiger partial charge in [-0.05, 0) is 36.9 Å². The molecule has 1 fully saturated rings. The summed E-state index contributed by atoms with van der Waals surface area (Å²) in [4.78, 5) is 11.7. The second-order valence-corrected chi connectivity index (χ2v) is 4.10. The summed E-state index contributed by atoms with van der Waals surface area (Å²) >= 11 is 0. The Morgan fingerprint density at radius 3 is 2.31 bits per heavy atom. The molecule has 0 aromatic heterocycles. The van der Waals surface area contributed by atoms with Gasteiger partial charge in [0, 0.05) is 11.6 Å². The third-order valence-electron chi connectivity index (χ3n) is 2.91. The number of carbonyl (C=O) groups excluding carboxylic acids is 1. The van der Waals surface area contributed by atoms with Crippen LogP contribution in [-0.4, -0.2) is 29.1 Å². The highest BCUT2D eigenvalue weighted by Crippen LogP contribution is 2.18. The summed E-state index contributed by atoms with van der Waals surface area (Å²) in [6.07, 6.45) is 3.29. The Hall–Kier alpha value is -1.33. The van der Waals surface area contributed by atoms with Gasteiger partial charge in [0.1, 0.15) is 0 Å². The van der Waals surface area contributed by atoms with E-state index in [4.69, 9.17) is 10.0 Å². The minimum atomic E-state index is -1.48. The molecule has 0 bridgehead atoms. The van der Waals surface area contributed by atoms with E-state index in [0.29, 0.717) is 17.1 Å². The van der Waals surface area contributed by atoms with Crippen LogP contribution in [-0.2, 0) is 0 Å². The van der Waals surface area contributed by atoms with Crippen LogP contribution in [0.25, 0.3) is 0 Å². The predicted molar refractivity (Wildman–Crippen MR) is 61.4 cm³/mol. The Morgan fingerprint density at radius 2 is 1.88 bits per heavy atom. The zero-order valence-corrected chi connectivity index (χ0v) is 8.89. The maximum atomic E-state index is 11.7. The van der Waals surface area contributed by atoms with Crippen molar-refractivity contribution in [2.24, 2.45) is 0 Å². The molecule has 5 heteroatoms. The highest BCUT2D eigenvalue weighted by Gasteiger charge is 2.20. The first-order valence-corrected chi connectivity index (χ1v) is 5.44. The average molecular weight is 219 g/mol. The second-order valence-electron chi connectivity index (χ2n) is 4.10. The van der Waals surface area contributed by atoms with Crippen molar-refractivity contribution in [3.8, 4) is 0 Å². The van der Waals surface area contributed by atoms with Gasteiger partial charge in [0.25, 0.3) is 5.91 Å². The van der Waals surface area contributed by atoms with Crippen molar-refractivity contribution in [1.29, 1.82) is 0 Å². The highest BCUT2D eigenvalue weighted by atomic mass is 16.4. The molecule has 3 N–H and O–H groups in total. The number of rotatable bonds is 3. The lowest BCUT2D eigenvalue weighted by molar-refractivity contribution is 0.0917. The van der Waals surface area contributed by atoms with Crippen molar-refractivity contribution in [2.45, 2.75) is 25.3 Å². The van der Waals surface area contributed by atoms with Gasteiger partial charge >= 0.3 is 7.12 Å². The van der Waals surface area contributed by atoms with Crippen LogP contribution >= 0.6 is 0 Å². The Kier molecular flexibility index (Phi) is 3.26. The lowest BCUT2D eigenvalue weighted by Crippen LogP contribution is -2.39. The van der Waals surface area contributed by atoms with Gasteiger partial charge in [0.2, 0.25) is 0 Å². The van der Waals surface area contributed by atoms with Gasteiger partial charge < -0.3 is 15.4 Å². The van der Waals surface area contributed by atoms with Crippen LogP contribution in [0.2, 0.25) is 0 Å². The van der Waals surface area contributed by atoms with Crippen molar-refractivity contribution in [3.05, 3.63) is 29.8 Å². The molecule has 0 saturated heterocycles. The second kappa shape index (κ2) is 4.68. The molecule has 1 aliphatic carbocycles. The molecular weight excluding hydrogens is 205 g/mol. The third-order valence-corrected chi connectivity index (χ3v) is 2.91. The van der Waals surface area contributed by atoms with Crippen LogP contribution in [0.15, 0.2) is 24.3 Å². The van der Waals surface area contributed by atoms with Gasteiger partial charge in [0.05, 0.1) is 0 Å². The van der Waals surface area contributed by atoms with Crippen molar-refractivity contribution in [3.63, 3.8) is 0 Å². The topological polar surface area (TPSA) is 69.6 Å². The van der Waals surface area contributed by atoms with Crippen molar-refractivity contribution < 1.29 is 14.8 Å². The van der Waals surface area contributed by atoms with Gasteiger partial charge in [-0.15, -0.1) is 0 Å². The predicted octanol–water partition coefficient (Wildman–Crippen LogP) is -0.351. The minimum absolute atomic E-state index is 0.0938. The van der Waals surface area contributed by atoms with E-state index in [-0.39, 0.29) is 5.91 Å². The van der Waals surface area contributed by atoms with E-state index in [0.717, 1.165) is 12.8 Å². The quantitative estimate of drug-likeness (QED) is 0.608. The maximum absolute atomic E-state index is 11.7. The number of amides is 1. The summed E-state index contributed by atoms with van der Waals surface area (Å²) in [5, 5.41) is 20.7. The van der Waals surface area contributed by atoms with E-state index in [9.17, 15) is 4.79 Å². The molecule has 0 aliphatic heterocycles. The monoisotopic (exact) mass is 219 g/mol. The standard InChI is InChI=1S/C11H14BNO3/c14-11(13-10-2-1-3-10)8-4-6-9(7-5-8)12(15)16/h4-7,10,15-16H,1-3H2,(H,13,14). The molecule has 4 nitrogen and oxygen atoms in total. The Morgan fingerprint density at radius 1 is 1.25 bits per heavy atom. The van der Waals surface area contributed by atoms with Crippen LogP contribution < -0.4 is 10.8 Å². The average Bonchev–Trinajstić information content (AvgIpc) is 2.23. The van der Waals surface area contributed by atoms with Crippen LogP contribution in [0.5, 0.6) is 0 Å². The Balaban J connectivity index is 2.00. The summed E-state index contributed by atoms with van der Waals surface area (Å²) in [6.45, 7) is 0. The lowest BCUT2D eigenvalue weighted by atomic mass is 9.80. The van der Waals surface area contributed by atoms with Gasteiger partial charge in [-0.1, -0.05) is 12.1 Å². The largest absolute Gasteiger partial charge is 0.488 e. The Bertz CT molecular complexity index is 373. The van der Waals surface area contributed by atoms with E-state index in [1.165, 1.54) is 6.42 Å². The molecule has 0 radical (unpaired) electrons. The zero-order chi connectivity index (χ0) is 11.5. The third kappa shape index (κ3) is 2.43. The van der Waals surface area contributed by atoms with Crippen molar-refractivity contribution in [1.82, 2.24) is 5.32 Å². The van der Waals surface area contributed by atoms with Gasteiger partial charge in [-0.3, -0.25) is 4.79 Å². The van der Waals surface area contributed by atoms with Crippen LogP contribution in [0.4, 0.5) is 0 Å². The number of benzene rings is 1. The minimum Gasteiger partial charge on any atom is -0.423 e. The first kappa shape index (κ1) is 11.2. The van der Waals surface area contributed by atoms with E-state index >= 15 is 0 Å². The molecular formula is C11H14BNO3. The summed E-state index contributed by atoms with van der Waals surface area (Å²) in [6, 6.07) is 6.60. The fourth-order valence-corrected chi connectivity index (χ4v) is 1.63. The van der Waals surface area contributed by atoms with Crippen molar-refractivity contribution >= 4 is 18.5 Å². The normalized spacial score (nSPS) is 15.4. The maximum Gasteiger partial charge on any atom is 0.488 e. The number of hydrogen-bond donors (Lipinski definition) is 3. The number of carbonyl (C=O) groups is 1. The lowest BCUT2D eigenvalue weighted by Gasteiger charge is -2.26. The van der Waals surface area contributed by atoms with E-state index < -0.39 is 7.12 Å². The molecule has 0 atom stereocenters. The van der Waals surface area contributed by atoms with Crippen LogP contribution in [0, 0.1) is 0 Å². The summed E-state index contributed by atoms with van der Waals surface area (Å²) in [7, 11) is -1.48. The summed E-state index contributed by atoms with van der Waals surface area (Å²) < 4.78 is 0. The van der Waals surface area contributed by atoms with Gasteiger partial charge in [-0.25, -0.2) is 0 Å². The number of hydrogen-bond acceptors (Lipinski definition) is 3. The molecule has 1 aromatic rings. The van der Waals surface area contributed by atoms with E-state index in [1.807, 2.05) is 0 Å². The molecule has 2 rings (SSSR count).